The molecule has 0 bridgehead atoms. The van der Waals surface area contributed by atoms with Gasteiger partial charge in [-0.15, -0.1) is 0 Å². The number of hydrogen-bond donors (Lipinski definition) is 2. The summed E-state index contributed by atoms with van der Waals surface area (Å²) in [6, 6.07) is 3.95. The summed E-state index contributed by atoms with van der Waals surface area (Å²) in [5, 5.41) is 5.55. The lowest BCUT2D eigenvalue weighted by Crippen LogP contribution is -2.53. The molecule has 2 unspecified atom stereocenters. The molecule has 1 rings (SSSR count). The van der Waals surface area contributed by atoms with E-state index in [4.69, 9.17) is 9.47 Å². The van der Waals surface area contributed by atoms with Gasteiger partial charge in [-0.05, 0) is 65.9 Å². The minimum atomic E-state index is -0.946. The second-order valence-electron chi connectivity index (χ2n) is 11.0. The van der Waals surface area contributed by atoms with Crippen LogP contribution in [0.5, 0.6) is 0 Å². The van der Waals surface area contributed by atoms with Crippen molar-refractivity contribution in [2.45, 2.75) is 99.3 Å². The first-order valence-electron chi connectivity index (χ1n) is 13.5. The zero-order valence-corrected chi connectivity index (χ0v) is 24.6. The summed E-state index contributed by atoms with van der Waals surface area (Å²) in [5.74, 6) is -1.07. The van der Waals surface area contributed by atoms with Crippen molar-refractivity contribution in [2.24, 2.45) is 5.92 Å². The lowest BCUT2D eigenvalue weighted by atomic mass is 9.96. The van der Waals surface area contributed by atoms with Gasteiger partial charge in [-0.3, -0.25) is 14.4 Å². The average molecular weight is 534 g/mol. The van der Waals surface area contributed by atoms with Gasteiger partial charge in [0.1, 0.15) is 17.7 Å². The van der Waals surface area contributed by atoms with Gasteiger partial charge in [0.25, 0.3) is 0 Å². The van der Waals surface area contributed by atoms with Crippen LogP contribution in [0.2, 0.25) is 0 Å². The summed E-state index contributed by atoms with van der Waals surface area (Å²) in [6.45, 7) is 17.4. The molecule has 0 spiro atoms. The summed E-state index contributed by atoms with van der Waals surface area (Å²) in [4.78, 5) is 53.6. The normalized spacial score (nSPS) is 12.9. The number of carbonyl (C=O) groups is 4. The number of nitrogens with zero attached hydrogens (tertiary/aromatic N) is 1. The molecular weight excluding hydrogens is 486 g/mol. The predicted octanol–water partition coefficient (Wildman–Crippen LogP) is 4.59. The number of amides is 3. The monoisotopic (exact) mass is 533 g/mol. The van der Waals surface area contributed by atoms with Gasteiger partial charge >= 0.3 is 12.1 Å². The van der Waals surface area contributed by atoms with Crippen molar-refractivity contribution in [3.63, 3.8) is 0 Å². The minimum Gasteiger partial charge on any atom is -0.466 e. The number of esters is 1. The maximum absolute atomic E-state index is 14.0. The summed E-state index contributed by atoms with van der Waals surface area (Å²) in [6.07, 6.45) is 0.318. The number of rotatable bonds is 13. The summed E-state index contributed by atoms with van der Waals surface area (Å²) in [5.41, 5.74) is 1.86. The number of ether oxygens (including phenoxy) is 2. The standard InChI is InChI=1S/C29H47N3O6/c1-10-14-32(27(35)23(15-19(3)4)31-28(36)38-29(7,8)9)25(22-17-20(5)16-21(6)18-22)26(34)30-13-12-24(33)37-11-2/h16-19,23,25H,10-15H2,1-9H3,(H,30,34)(H,31,36). The second kappa shape index (κ2) is 15.3. The van der Waals surface area contributed by atoms with E-state index in [-0.39, 0.29) is 31.4 Å². The molecule has 0 saturated carbocycles. The fraction of sp³-hybridized carbons (Fsp3) is 0.655. The number of carbonyl (C=O) groups excluding carboxylic acids is 4. The SMILES string of the molecule is CCCN(C(=O)C(CC(C)C)NC(=O)OC(C)(C)C)C(C(=O)NCCC(=O)OCC)c1cc(C)cc(C)c1. The maximum atomic E-state index is 14.0. The largest absolute Gasteiger partial charge is 0.466 e. The van der Waals surface area contributed by atoms with Crippen LogP contribution in [0.15, 0.2) is 18.2 Å². The smallest absolute Gasteiger partial charge is 0.408 e. The number of hydrogen-bond acceptors (Lipinski definition) is 6. The zero-order chi connectivity index (χ0) is 29.0. The third-order valence-corrected chi connectivity index (χ3v) is 5.50. The average Bonchev–Trinajstić information content (AvgIpc) is 2.75. The molecule has 214 valence electrons. The van der Waals surface area contributed by atoms with Gasteiger partial charge in [-0.25, -0.2) is 4.79 Å². The van der Waals surface area contributed by atoms with Crippen LogP contribution in [0.4, 0.5) is 4.79 Å². The molecule has 0 radical (unpaired) electrons. The van der Waals surface area contributed by atoms with Crippen molar-refractivity contribution < 1.29 is 28.7 Å². The van der Waals surface area contributed by atoms with Crippen molar-refractivity contribution in [3.8, 4) is 0 Å². The molecule has 1 aromatic rings. The van der Waals surface area contributed by atoms with Crippen LogP contribution in [0.1, 0.15) is 90.5 Å². The molecule has 38 heavy (non-hydrogen) atoms. The Labute approximate surface area is 228 Å². The van der Waals surface area contributed by atoms with Crippen molar-refractivity contribution in [3.05, 3.63) is 34.9 Å². The third-order valence-electron chi connectivity index (χ3n) is 5.50. The molecule has 9 heteroatoms. The van der Waals surface area contributed by atoms with Crippen LogP contribution in [0, 0.1) is 19.8 Å². The van der Waals surface area contributed by atoms with Gasteiger partial charge in [0.05, 0.1) is 13.0 Å². The van der Waals surface area contributed by atoms with E-state index in [1.165, 1.54) is 4.90 Å². The molecule has 3 amide bonds. The molecule has 0 heterocycles. The van der Waals surface area contributed by atoms with Crippen molar-refractivity contribution in [2.75, 3.05) is 19.7 Å². The van der Waals surface area contributed by atoms with E-state index in [1.54, 1.807) is 27.7 Å². The van der Waals surface area contributed by atoms with Gasteiger partial charge in [-0.2, -0.15) is 0 Å². The second-order valence-corrected chi connectivity index (χ2v) is 11.0. The fourth-order valence-corrected chi connectivity index (χ4v) is 4.21. The molecule has 1 aromatic carbocycles. The highest BCUT2D eigenvalue weighted by molar-refractivity contribution is 5.92. The van der Waals surface area contributed by atoms with Crippen LogP contribution in [-0.4, -0.2) is 60.1 Å². The molecule has 0 aromatic heterocycles. The number of nitrogens with one attached hydrogen (secondary N) is 2. The molecule has 0 aliphatic heterocycles. The molecular formula is C29H47N3O6. The van der Waals surface area contributed by atoms with E-state index in [9.17, 15) is 19.2 Å². The quantitative estimate of drug-likeness (QED) is 0.359. The lowest BCUT2D eigenvalue weighted by Gasteiger charge is -2.35. The fourth-order valence-electron chi connectivity index (χ4n) is 4.21. The van der Waals surface area contributed by atoms with E-state index in [1.807, 2.05) is 52.8 Å². The van der Waals surface area contributed by atoms with Crippen molar-refractivity contribution >= 4 is 23.9 Å². The van der Waals surface area contributed by atoms with Crippen molar-refractivity contribution in [1.82, 2.24) is 15.5 Å². The molecule has 0 aliphatic carbocycles. The Morgan fingerprint density at radius 1 is 1.00 bits per heavy atom. The van der Waals surface area contributed by atoms with Gasteiger partial charge in [-0.1, -0.05) is 50.1 Å². The Morgan fingerprint density at radius 2 is 1.61 bits per heavy atom. The molecule has 2 N–H and O–H groups in total. The Hall–Kier alpha value is -3.10. The van der Waals surface area contributed by atoms with Crippen LogP contribution >= 0.6 is 0 Å². The van der Waals surface area contributed by atoms with Crippen LogP contribution < -0.4 is 10.6 Å². The minimum absolute atomic E-state index is 0.0248. The molecule has 2 atom stereocenters. The summed E-state index contributed by atoms with van der Waals surface area (Å²) < 4.78 is 10.4. The Bertz CT molecular complexity index is 934. The van der Waals surface area contributed by atoms with Crippen LogP contribution in [-0.2, 0) is 23.9 Å². The first-order chi connectivity index (χ1) is 17.7. The molecule has 0 fully saturated rings. The van der Waals surface area contributed by atoms with Crippen LogP contribution in [0.25, 0.3) is 0 Å². The number of alkyl carbamates (subject to hydrolysis) is 1. The summed E-state index contributed by atoms with van der Waals surface area (Å²) >= 11 is 0. The number of benzene rings is 1. The summed E-state index contributed by atoms with van der Waals surface area (Å²) in [7, 11) is 0. The molecule has 0 saturated heterocycles. The number of aryl methyl sites for hydroxylation is 2. The van der Waals surface area contributed by atoms with Gasteiger partial charge < -0.3 is 25.0 Å². The highest BCUT2D eigenvalue weighted by Crippen LogP contribution is 2.26. The first kappa shape index (κ1) is 32.9. The third kappa shape index (κ3) is 11.5. The van der Waals surface area contributed by atoms with E-state index in [0.717, 1.165) is 11.1 Å². The van der Waals surface area contributed by atoms with E-state index in [0.29, 0.717) is 24.9 Å². The first-order valence-corrected chi connectivity index (χ1v) is 13.5. The van der Waals surface area contributed by atoms with Gasteiger partial charge in [0.2, 0.25) is 11.8 Å². The lowest BCUT2D eigenvalue weighted by molar-refractivity contribution is -0.144. The highest BCUT2D eigenvalue weighted by Gasteiger charge is 2.36. The van der Waals surface area contributed by atoms with Gasteiger partial charge in [0, 0.05) is 13.1 Å². The Kier molecular flexibility index (Phi) is 13.3. The van der Waals surface area contributed by atoms with Crippen molar-refractivity contribution in [1.29, 1.82) is 0 Å². The van der Waals surface area contributed by atoms with E-state index >= 15 is 0 Å². The van der Waals surface area contributed by atoms with Crippen LogP contribution in [0.3, 0.4) is 0 Å². The predicted molar refractivity (Wildman–Crippen MR) is 148 cm³/mol. The Morgan fingerprint density at radius 3 is 2.11 bits per heavy atom. The topological polar surface area (TPSA) is 114 Å². The highest BCUT2D eigenvalue weighted by atomic mass is 16.6. The molecule has 0 aliphatic rings. The molecule has 9 nitrogen and oxygen atoms in total. The van der Waals surface area contributed by atoms with Gasteiger partial charge in [0.15, 0.2) is 0 Å². The Balaban J connectivity index is 3.41. The van der Waals surface area contributed by atoms with E-state index in [2.05, 4.69) is 10.6 Å². The maximum Gasteiger partial charge on any atom is 0.408 e. The zero-order valence-electron chi connectivity index (χ0n) is 24.6. The van der Waals surface area contributed by atoms with E-state index < -0.39 is 35.7 Å².